The molecule has 1 N–H and O–H groups in total. The first-order chi connectivity index (χ1) is 10.6. The van der Waals surface area contributed by atoms with Gasteiger partial charge in [0.05, 0.1) is 12.8 Å². The third-order valence-electron chi connectivity index (χ3n) is 3.73. The van der Waals surface area contributed by atoms with Crippen LogP contribution in [0.25, 0.3) is 0 Å². The molecule has 1 aliphatic rings. The number of hydrogen-bond donors (Lipinski definition) is 1. The van der Waals surface area contributed by atoms with Crippen molar-refractivity contribution in [3.05, 3.63) is 48.0 Å². The van der Waals surface area contributed by atoms with E-state index in [1.165, 1.54) is 11.0 Å². The quantitative estimate of drug-likeness (QED) is 0.945. The van der Waals surface area contributed by atoms with Crippen LogP contribution in [-0.2, 0) is 11.2 Å². The van der Waals surface area contributed by atoms with E-state index in [0.717, 1.165) is 11.3 Å². The molecule has 0 radical (unpaired) electrons. The Morgan fingerprint density at radius 1 is 1.27 bits per heavy atom. The molecule has 1 aliphatic heterocycles. The largest absolute Gasteiger partial charge is 0.508 e. The molecule has 1 amide bonds. The lowest BCUT2D eigenvalue weighted by atomic mass is 10.0. The van der Waals surface area contributed by atoms with Gasteiger partial charge in [0.25, 0.3) is 5.91 Å². The summed E-state index contributed by atoms with van der Waals surface area (Å²) in [6.07, 6.45) is -0.130. The molecular formula is C17H17NO4. The van der Waals surface area contributed by atoms with E-state index in [4.69, 9.17) is 9.47 Å². The number of phenolic OH excluding ortho intramolecular Hbond substituents is 1. The molecule has 1 heterocycles. The molecule has 2 aromatic rings. The number of fused-ring (bicyclic) bond motifs is 1. The Morgan fingerprint density at radius 2 is 2.09 bits per heavy atom. The number of amides is 1. The van der Waals surface area contributed by atoms with Gasteiger partial charge < -0.3 is 19.5 Å². The van der Waals surface area contributed by atoms with Gasteiger partial charge in [-0.3, -0.25) is 4.79 Å². The number of hydrogen-bond acceptors (Lipinski definition) is 4. The molecule has 3 rings (SSSR count). The van der Waals surface area contributed by atoms with Crippen LogP contribution >= 0.6 is 0 Å². The van der Waals surface area contributed by atoms with E-state index in [1.54, 1.807) is 26.3 Å². The van der Waals surface area contributed by atoms with E-state index >= 15 is 0 Å². The summed E-state index contributed by atoms with van der Waals surface area (Å²) in [6.45, 7) is 0. The fourth-order valence-corrected chi connectivity index (χ4v) is 2.55. The lowest BCUT2D eigenvalue weighted by molar-refractivity contribution is -0.125. The van der Waals surface area contributed by atoms with E-state index in [9.17, 15) is 9.90 Å². The summed E-state index contributed by atoms with van der Waals surface area (Å²) in [5, 5.41) is 9.54. The number of rotatable bonds is 3. The van der Waals surface area contributed by atoms with Gasteiger partial charge in [-0.05, 0) is 29.8 Å². The smallest absolute Gasteiger partial charge is 0.268 e. The first kappa shape index (κ1) is 14.3. The second kappa shape index (κ2) is 5.60. The fraction of sp³-hybridized carbons (Fsp3) is 0.235. The van der Waals surface area contributed by atoms with E-state index in [0.29, 0.717) is 17.9 Å². The summed E-state index contributed by atoms with van der Waals surface area (Å²) >= 11 is 0. The standard InChI is InChI=1S/C17H17NO4/c1-18-14-10-12(19)6-7-15(14)22-16(17(18)20)9-11-4-3-5-13(8-11)21-2/h3-8,10,16,19H,9H2,1-2H3. The Hall–Kier alpha value is -2.69. The van der Waals surface area contributed by atoms with Crippen molar-refractivity contribution in [2.45, 2.75) is 12.5 Å². The van der Waals surface area contributed by atoms with Crippen molar-refractivity contribution >= 4 is 11.6 Å². The van der Waals surface area contributed by atoms with E-state index in [1.807, 2.05) is 24.3 Å². The van der Waals surface area contributed by atoms with E-state index < -0.39 is 6.10 Å². The number of phenols is 1. The molecule has 5 heteroatoms. The van der Waals surface area contributed by atoms with Gasteiger partial charge in [0.2, 0.25) is 0 Å². The minimum absolute atomic E-state index is 0.105. The number of benzene rings is 2. The Labute approximate surface area is 128 Å². The molecule has 0 aromatic heterocycles. The normalized spacial score (nSPS) is 16.9. The minimum atomic E-state index is -0.589. The van der Waals surface area contributed by atoms with Gasteiger partial charge in [-0.2, -0.15) is 0 Å². The van der Waals surface area contributed by atoms with E-state index in [-0.39, 0.29) is 11.7 Å². The molecule has 0 spiro atoms. The van der Waals surface area contributed by atoms with Crippen LogP contribution in [0.3, 0.4) is 0 Å². The molecular weight excluding hydrogens is 282 g/mol. The van der Waals surface area contributed by atoms with Crippen LogP contribution < -0.4 is 14.4 Å². The predicted octanol–water partition coefficient (Wildman–Crippen LogP) is 2.37. The van der Waals surface area contributed by atoms with Crippen molar-refractivity contribution in [2.75, 3.05) is 19.1 Å². The molecule has 5 nitrogen and oxygen atoms in total. The monoisotopic (exact) mass is 299 g/mol. The molecule has 22 heavy (non-hydrogen) atoms. The van der Waals surface area contributed by atoms with Gasteiger partial charge in [-0.25, -0.2) is 0 Å². The van der Waals surface area contributed by atoms with Gasteiger partial charge in [0.15, 0.2) is 6.10 Å². The van der Waals surface area contributed by atoms with Crippen molar-refractivity contribution in [3.8, 4) is 17.2 Å². The second-order valence-electron chi connectivity index (χ2n) is 5.21. The average Bonchev–Trinajstić information content (AvgIpc) is 2.53. The third-order valence-corrected chi connectivity index (χ3v) is 3.73. The molecule has 1 unspecified atom stereocenters. The van der Waals surface area contributed by atoms with Crippen molar-refractivity contribution in [1.29, 1.82) is 0 Å². The zero-order valence-electron chi connectivity index (χ0n) is 12.4. The number of methoxy groups -OCH3 is 1. The van der Waals surface area contributed by atoms with Crippen molar-refractivity contribution in [1.82, 2.24) is 0 Å². The van der Waals surface area contributed by atoms with Crippen LogP contribution in [0.4, 0.5) is 5.69 Å². The Kier molecular flexibility index (Phi) is 3.63. The van der Waals surface area contributed by atoms with Gasteiger partial charge in [-0.1, -0.05) is 12.1 Å². The van der Waals surface area contributed by atoms with Crippen LogP contribution in [0, 0.1) is 0 Å². The molecule has 114 valence electrons. The summed E-state index contributed by atoms with van der Waals surface area (Å²) < 4.78 is 11.0. The summed E-state index contributed by atoms with van der Waals surface area (Å²) in [5.41, 5.74) is 1.54. The number of aromatic hydroxyl groups is 1. The molecule has 0 saturated heterocycles. The zero-order chi connectivity index (χ0) is 15.7. The maximum Gasteiger partial charge on any atom is 0.268 e. The minimum Gasteiger partial charge on any atom is -0.508 e. The molecule has 0 bridgehead atoms. The van der Waals surface area contributed by atoms with Crippen molar-refractivity contribution in [3.63, 3.8) is 0 Å². The summed E-state index contributed by atoms with van der Waals surface area (Å²) in [5.74, 6) is 1.31. The number of carbonyl (C=O) groups excluding carboxylic acids is 1. The Balaban J connectivity index is 1.86. The molecule has 0 aliphatic carbocycles. The van der Waals surface area contributed by atoms with Gasteiger partial charge in [-0.15, -0.1) is 0 Å². The van der Waals surface area contributed by atoms with Crippen LogP contribution in [0.1, 0.15) is 5.56 Å². The van der Waals surface area contributed by atoms with Crippen molar-refractivity contribution in [2.24, 2.45) is 0 Å². The summed E-state index contributed by atoms with van der Waals surface area (Å²) in [6, 6.07) is 12.3. The molecule has 1 atom stereocenters. The van der Waals surface area contributed by atoms with Crippen LogP contribution in [0.5, 0.6) is 17.2 Å². The SMILES string of the molecule is COc1cccc(CC2Oc3ccc(O)cc3N(C)C2=O)c1. The molecule has 0 fully saturated rings. The third kappa shape index (κ3) is 2.57. The van der Waals surface area contributed by atoms with Gasteiger partial charge in [0, 0.05) is 19.5 Å². The van der Waals surface area contributed by atoms with Gasteiger partial charge >= 0.3 is 0 Å². The maximum absolute atomic E-state index is 12.4. The number of anilines is 1. The average molecular weight is 299 g/mol. The number of carbonyl (C=O) groups is 1. The van der Waals surface area contributed by atoms with Crippen LogP contribution in [-0.4, -0.2) is 31.3 Å². The Bertz CT molecular complexity index is 714. The lowest BCUT2D eigenvalue weighted by Gasteiger charge is -2.32. The number of likely N-dealkylation sites (N-methyl/N-ethyl adjacent to an activating group) is 1. The first-order valence-electron chi connectivity index (χ1n) is 6.98. The summed E-state index contributed by atoms with van der Waals surface area (Å²) in [7, 11) is 3.29. The zero-order valence-corrected chi connectivity index (χ0v) is 12.4. The highest BCUT2D eigenvalue weighted by Gasteiger charge is 2.32. The van der Waals surface area contributed by atoms with Gasteiger partial charge in [0.1, 0.15) is 17.2 Å². The number of ether oxygens (including phenoxy) is 2. The molecule has 2 aromatic carbocycles. The Morgan fingerprint density at radius 3 is 2.86 bits per heavy atom. The fourth-order valence-electron chi connectivity index (χ4n) is 2.55. The highest BCUT2D eigenvalue weighted by Crippen LogP contribution is 2.36. The molecule has 0 saturated carbocycles. The topological polar surface area (TPSA) is 59.0 Å². The highest BCUT2D eigenvalue weighted by molar-refractivity contribution is 5.99. The maximum atomic E-state index is 12.4. The van der Waals surface area contributed by atoms with Crippen LogP contribution in [0.2, 0.25) is 0 Å². The van der Waals surface area contributed by atoms with Crippen LogP contribution in [0.15, 0.2) is 42.5 Å². The van der Waals surface area contributed by atoms with E-state index in [2.05, 4.69) is 0 Å². The van der Waals surface area contributed by atoms with Crippen molar-refractivity contribution < 1.29 is 19.4 Å². The number of nitrogens with zero attached hydrogens (tertiary/aromatic N) is 1. The summed E-state index contributed by atoms with van der Waals surface area (Å²) in [4.78, 5) is 14.0. The predicted molar refractivity (Wildman–Crippen MR) is 82.6 cm³/mol. The lowest BCUT2D eigenvalue weighted by Crippen LogP contribution is -2.44. The first-order valence-corrected chi connectivity index (χ1v) is 6.98. The second-order valence-corrected chi connectivity index (χ2v) is 5.21. The highest BCUT2D eigenvalue weighted by atomic mass is 16.5.